The van der Waals surface area contributed by atoms with Crippen LogP contribution in [-0.2, 0) is 0 Å². The zero-order valence-corrected chi connectivity index (χ0v) is 7.73. The molecule has 3 heteroatoms. The van der Waals surface area contributed by atoms with E-state index in [1.807, 2.05) is 19.1 Å². The molecule has 0 aliphatic rings. The minimum absolute atomic E-state index is 0.194. The van der Waals surface area contributed by atoms with Crippen molar-refractivity contribution in [1.29, 1.82) is 0 Å². The van der Waals surface area contributed by atoms with E-state index >= 15 is 0 Å². The van der Waals surface area contributed by atoms with Gasteiger partial charge in [0, 0.05) is 0 Å². The summed E-state index contributed by atoms with van der Waals surface area (Å²) in [7, 11) is 0. The van der Waals surface area contributed by atoms with Gasteiger partial charge in [-0.15, -0.1) is 23.2 Å². The van der Waals surface area contributed by atoms with E-state index in [1.54, 1.807) is 12.1 Å². The van der Waals surface area contributed by atoms with Crippen molar-refractivity contribution in [2.45, 2.75) is 6.92 Å². The van der Waals surface area contributed by atoms with Crippen LogP contribution in [0.2, 0.25) is 0 Å². The first-order valence-electron chi connectivity index (χ1n) is 3.08. The van der Waals surface area contributed by atoms with E-state index in [-0.39, 0.29) is 5.34 Å². The van der Waals surface area contributed by atoms with Crippen LogP contribution in [-0.4, -0.2) is 10.4 Å². The highest BCUT2D eigenvalue weighted by Gasteiger charge is 1.83. The fraction of sp³-hybridized carbons (Fsp3) is 0.250. The first-order chi connectivity index (χ1) is 5.20. The SMILES string of the molecule is Cc1cccc(O)c1.ClCCl. The van der Waals surface area contributed by atoms with Crippen molar-refractivity contribution in [1.82, 2.24) is 0 Å². The van der Waals surface area contributed by atoms with Gasteiger partial charge in [-0.3, -0.25) is 0 Å². The molecule has 0 fully saturated rings. The molecule has 0 atom stereocenters. The molecule has 0 spiro atoms. The minimum atomic E-state index is 0.194. The third kappa shape index (κ3) is 6.02. The molecule has 0 heterocycles. The van der Waals surface area contributed by atoms with Crippen molar-refractivity contribution in [3.8, 4) is 5.75 Å². The largest absolute Gasteiger partial charge is 0.508 e. The van der Waals surface area contributed by atoms with Gasteiger partial charge < -0.3 is 5.11 Å². The molecule has 0 bridgehead atoms. The lowest BCUT2D eigenvalue weighted by atomic mass is 10.2. The van der Waals surface area contributed by atoms with Gasteiger partial charge in [0.05, 0.1) is 5.34 Å². The fourth-order valence-corrected chi connectivity index (χ4v) is 0.628. The van der Waals surface area contributed by atoms with Crippen LogP contribution in [0.5, 0.6) is 5.75 Å². The summed E-state index contributed by atoms with van der Waals surface area (Å²) in [5, 5.41) is 9.01. The van der Waals surface area contributed by atoms with Crippen LogP contribution in [0.15, 0.2) is 24.3 Å². The number of aryl methyl sites for hydroxylation is 1. The van der Waals surface area contributed by atoms with Crippen molar-refractivity contribution in [2.24, 2.45) is 0 Å². The molecule has 11 heavy (non-hydrogen) atoms. The molecule has 1 aromatic carbocycles. The Kier molecular flexibility index (Phi) is 6.09. The number of benzene rings is 1. The molecule has 0 radical (unpaired) electrons. The monoisotopic (exact) mass is 192 g/mol. The molecule has 1 aromatic rings. The molecule has 0 saturated heterocycles. The Morgan fingerprint density at radius 2 is 1.91 bits per heavy atom. The van der Waals surface area contributed by atoms with Crippen molar-refractivity contribution in [3.05, 3.63) is 29.8 Å². The summed E-state index contributed by atoms with van der Waals surface area (Å²) in [6.07, 6.45) is 0. The van der Waals surface area contributed by atoms with E-state index in [2.05, 4.69) is 0 Å². The molecular weight excluding hydrogens is 183 g/mol. The number of alkyl halides is 2. The second-order valence-corrected chi connectivity index (χ2v) is 2.75. The van der Waals surface area contributed by atoms with Crippen LogP contribution in [0.4, 0.5) is 0 Å². The van der Waals surface area contributed by atoms with Crippen LogP contribution in [0.25, 0.3) is 0 Å². The normalized spacial score (nSPS) is 8.27. The molecule has 1 rings (SSSR count). The first kappa shape index (κ1) is 10.6. The number of phenolic OH excluding ortho intramolecular Hbond substituents is 1. The Morgan fingerprint density at radius 1 is 1.36 bits per heavy atom. The second kappa shape index (κ2) is 6.32. The lowest BCUT2D eigenvalue weighted by Crippen LogP contribution is -1.66. The van der Waals surface area contributed by atoms with Crippen LogP contribution < -0.4 is 0 Å². The molecule has 0 amide bonds. The Labute approximate surface area is 76.6 Å². The predicted molar refractivity (Wildman–Crippen MR) is 49.4 cm³/mol. The topological polar surface area (TPSA) is 20.2 Å². The molecule has 62 valence electrons. The summed E-state index contributed by atoms with van der Waals surface area (Å²) in [5.74, 6) is 0.338. The molecule has 0 aromatic heterocycles. The molecule has 0 aliphatic heterocycles. The predicted octanol–water partition coefficient (Wildman–Crippen LogP) is 3.12. The van der Waals surface area contributed by atoms with E-state index in [0.29, 0.717) is 5.75 Å². The van der Waals surface area contributed by atoms with Crippen LogP contribution in [0.3, 0.4) is 0 Å². The molecular formula is C8H10Cl2O. The summed E-state index contributed by atoms with van der Waals surface area (Å²) in [6, 6.07) is 7.15. The highest BCUT2D eigenvalue weighted by Crippen LogP contribution is 2.08. The van der Waals surface area contributed by atoms with Crippen LogP contribution >= 0.6 is 23.2 Å². The average Bonchev–Trinajstić information content (AvgIpc) is 1.88. The summed E-state index contributed by atoms with van der Waals surface area (Å²) >= 11 is 9.53. The maximum absolute atomic E-state index is 8.81. The number of halogens is 2. The number of aromatic hydroxyl groups is 1. The van der Waals surface area contributed by atoms with Gasteiger partial charge in [0.25, 0.3) is 0 Å². The summed E-state index contributed by atoms with van der Waals surface area (Å²) in [6.45, 7) is 1.94. The van der Waals surface area contributed by atoms with Gasteiger partial charge in [-0.25, -0.2) is 0 Å². The smallest absolute Gasteiger partial charge is 0.115 e. The highest BCUT2D eigenvalue weighted by molar-refractivity contribution is 6.40. The first-order valence-corrected chi connectivity index (χ1v) is 4.15. The standard InChI is InChI=1S/C7H8O.CH2Cl2/c1-6-3-2-4-7(8)5-6;2-1-3/h2-5,8H,1H3;1H2. The summed E-state index contributed by atoms with van der Waals surface area (Å²) in [4.78, 5) is 0. The lowest BCUT2D eigenvalue weighted by molar-refractivity contribution is 0.475. The van der Waals surface area contributed by atoms with Gasteiger partial charge in [0.2, 0.25) is 0 Å². The van der Waals surface area contributed by atoms with Crippen LogP contribution in [0, 0.1) is 6.92 Å². The Balaban J connectivity index is 0.000000292. The average molecular weight is 193 g/mol. The van der Waals surface area contributed by atoms with E-state index in [1.165, 1.54) is 0 Å². The number of hydrogen-bond acceptors (Lipinski definition) is 1. The maximum Gasteiger partial charge on any atom is 0.115 e. The van der Waals surface area contributed by atoms with Crippen molar-refractivity contribution in [2.75, 3.05) is 5.34 Å². The lowest BCUT2D eigenvalue weighted by Gasteiger charge is -1.89. The van der Waals surface area contributed by atoms with E-state index in [9.17, 15) is 0 Å². The zero-order valence-electron chi connectivity index (χ0n) is 6.22. The van der Waals surface area contributed by atoms with Gasteiger partial charge in [0.1, 0.15) is 5.75 Å². The third-order valence-corrected chi connectivity index (χ3v) is 1.00. The van der Waals surface area contributed by atoms with Gasteiger partial charge >= 0.3 is 0 Å². The zero-order chi connectivity index (χ0) is 8.69. The molecule has 0 aliphatic carbocycles. The summed E-state index contributed by atoms with van der Waals surface area (Å²) < 4.78 is 0. The summed E-state index contributed by atoms with van der Waals surface area (Å²) in [5.41, 5.74) is 1.09. The Bertz CT molecular complexity index is 184. The molecule has 0 saturated carbocycles. The maximum atomic E-state index is 8.81. The second-order valence-electron chi connectivity index (χ2n) is 1.94. The Hall–Kier alpha value is -0.400. The number of phenols is 1. The third-order valence-electron chi connectivity index (χ3n) is 1.00. The molecule has 0 unspecified atom stereocenters. The number of hydrogen-bond donors (Lipinski definition) is 1. The fourth-order valence-electron chi connectivity index (χ4n) is 0.628. The van der Waals surface area contributed by atoms with E-state index < -0.39 is 0 Å². The van der Waals surface area contributed by atoms with Gasteiger partial charge in [0.15, 0.2) is 0 Å². The van der Waals surface area contributed by atoms with Gasteiger partial charge in [-0.1, -0.05) is 12.1 Å². The highest BCUT2D eigenvalue weighted by atomic mass is 35.5. The quantitative estimate of drug-likeness (QED) is 0.627. The van der Waals surface area contributed by atoms with Crippen molar-refractivity contribution >= 4 is 23.2 Å². The Morgan fingerprint density at radius 3 is 2.18 bits per heavy atom. The number of rotatable bonds is 0. The molecule has 1 nitrogen and oxygen atoms in total. The van der Waals surface area contributed by atoms with E-state index in [4.69, 9.17) is 28.3 Å². The van der Waals surface area contributed by atoms with Crippen LogP contribution in [0.1, 0.15) is 5.56 Å². The van der Waals surface area contributed by atoms with Crippen molar-refractivity contribution in [3.63, 3.8) is 0 Å². The van der Waals surface area contributed by atoms with E-state index in [0.717, 1.165) is 5.56 Å². The molecule has 1 N–H and O–H groups in total. The van der Waals surface area contributed by atoms with Gasteiger partial charge in [-0.2, -0.15) is 0 Å². The van der Waals surface area contributed by atoms with Gasteiger partial charge in [-0.05, 0) is 24.6 Å². The minimum Gasteiger partial charge on any atom is -0.508 e. The van der Waals surface area contributed by atoms with Crippen molar-refractivity contribution < 1.29 is 5.11 Å².